The molecule has 0 aliphatic heterocycles. The van der Waals surface area contributed by atoms with Gasteiger partial charge < -0.3 is 9.84 Å². The van der Waals surface area contributed by atoms with Gasteiger partial charge in [0, 0.05) is 16.8 Å². The van der Waals surface area contributed by atoms with E-state index in [2.05, 4.69) is 4.98 Å². The van der Waals surface area contributed by atoms with Crippen LogP contribution in [0.4, 0.5) is 0 Å². The van der Waals surface area contributed by atoms with Crippen molar-refractivity contribution in [3.05, 3.63) is 75.9 Å². The van der Waals surface area contributed by atoms with Gasteiger partial charge >= 0.3 is 0 Å². The van der Waals surface area contributed by atoms with Crippen molar-refractivity contribution in [1.29, 1.82) is 0 Å². The SMILES string of the molecule is Cc1ccc(S(=O)(=O)n2c(CO)cc3cc(C4CC4)c(OCc4cscn4)cc32)cc1. The Morgan fingerprint density at radius 1 is 1.19 bits per heavy atom. The minimum Gasteiger partial charge on any atom is -0.487 e. The number of aromatic nitrogens is 2. The standard InChI is InChI=1S/C23H22N2O4S2/c1-15-2-6-20(7-3-15)31(27,28)25-19(11-26)8-17-9-21(16-4-5-16)23(10-22(17)25)29-12-18-13-30-14-24-18/h2-3,6-10,13-14,16,26H,4-5,11-12H2,1H3. The van der Waals surface area contributed by atoms with Crippen LogP contribution in [-0.4, -0.2) is 22.5 Å². The highest BCUT2D eigenvalue weighted by Gasteiger charge is 2.30. The van der Waals surface area contributed by atoms with E-state index in [-0.39, 0.29) is 11.5 Å². The molecule has 4 aromatic rings. The molecule has 2 aromatic carbocycles. The molecule has 1 N–H and O–H groups in total. The molecule has 1 saturated carbocycles. The van der Waals surface area contributed by atoms with Gasteiger partial charge in [0.15, 0.2) is 0 Å². The van der Waals surface area contributed by atoms with E-state index >= 15 is 0 Å². The van der Waals surface area contributed by atoms with Crippen molar-refractivity contribution in [1.82, 2.24) is 8.96 Å². The number of ether oxygens (including phenoxy) is 1. The summed E-state index contributed by atoms with van der Waals surface area (Å²) in [4.78, 5) is 4.45. The molecule has 0 saturated heterocycles. The molecule has 0 radical (unpaired) electrons. The number of aryl methyl sites for hydroxylation is 1. The molecule has 1 aliphatic rings. The number of nitrogens with zero attached hydrogens (tertiary/aromatic N) is 2. The van der Waals surface area contributed by atoms with Gasteiger partial charge in [-0.05, 0) is 55.5 Å². The Bertz CT molecular complexity index is 1340. The molecule has 0 spiro atoms. The van der Waals surface area contributed by atoms with E-state index in [1.54, 1.807) is 41.9 Å². The highest BCUT2D eigenvalue weighted by molar-refractivity contribution is 7.90. The molecule has 31 heavy (non-hydrogen) atoms. The van der Waals surface area contributed by atoms with Gasteiger partial charge in [-0.3, -0.25) is 0 Å². The third kappa shape index (κ3) is 3.75. The maximum atomic E-state index is 13.5. The van der Waals surface area contributed by atoms with Crippen LogP contribution in [0.15, 0.2) is 58.3 Å². The normalized spacial score (nSPS) is 14.3. The van der Waals surface area contributed by atoms with Crippen molar-refractivity contribution in [2.45, 2.75) is 43.8 Å². The molecule has 8 heteroatoms. The number of hydrogen-bond acceptors (Lipinski definition) is 6. The number of hydrogen-bond donors (Lipinski definition) is 1. The van der Waals surface area contributed by atoms with Crippen LogP contribution < -0.4 is 4.74 Å². The smallest absolute Gasteiger partial charge is 0.268 e. The largest absolute Gasteiger partial charge is 0.487 e. The van der Waals surface area contributed by atoms with Gasteiger partial charge in [-0.15, -0.1) is 11.3 Å². The lowest BCUT2D eigenvalue weighted by Crippen LogP contribution is -2.15. The lowest BCUT2D eigenvalue weighted by atomic mass is 10.1. The molecular formula is C23H22N2O4S2. The molecule has 0 bridgehead atoms. The van der Waals surface area contributed by atoms with E-state index in [9.17, 15) is 13.5 Å². The summed E-state index contributed by atoms with van der Waals surface area (Å²) in [5, 5.41) is 12.7. The van der Waals surface area contributed by atoms with Crippen molar-refractivity contribution in [3.8, 4) is 5.75 Å². The average Bonchev–Trinajstić information content (AvgIpc) is 3.33. The van der Waals surface area contributed by atoms with Crippen LogP contribution in [0.3, 0.4) is 0 Å². The van der Waals surface area contributed by atoms with Crippen LogP contribution in [0.5, 0.6) is 5.75 Å². The summed E-state index contributed by atoms with van der Waals surface area (Å²) in [6, 6.07) is 12.3. The zero-order valence-electron chi connectivity index (χ0n) is 17.0. The van der Waals surface area contributed by atoms with Crippen LogP contribution >= 0.6 is 11.3 Å². The van der Waals surface area contributed by atoms with Crippen LogP contribution in [0.25, 0.3) is 10.9 Å². The summed E-state index contributed by atoms with van der Waals surface area (Å²) < 4.78 is 34.3. The van der Waals surface area contributed by atoms with Gasteiger partial charge in [-0.1, -0.05) is 17.7 Å². The number of aliphatic hydroxyl groups excluding tert-OH is 1. The first kappa shape index (κ1) is 20.2. The third-order valence-electron chi connectivity index (χ3n) is 5.56. The fraction of sp³-hybridized carbons (Fsp3) is 0.261. The summed E-state index contributed by atoms with van der Waals surface area (Å²) in [6.45, 7) is 1.85. The molecule has 0 unspecified atom stereocenters. The molecular weight excluding hydrogens is 432 g/mol. The van der Waals surface area contributed by atoms with E-state index in [1.807, 2.05) is 18.4 Å². The van der Waals surface area contributed by atoms with Gasteiger partial charge in [0.25, 0.3) is 10.0 Å². The molecule has 1 aliphatic carbocycles. The summed E-state index contributed by atoms with van der Waals surface area (Å²) in [5.74, 6) is 1.09. The first-order valence-electron chi connectivity index (χ1n) is 10.1. The van der Waals surface area contributed by atoms with Crippen molar-refractivity contribution < 1.29 is 18.3 Å². The van der Waals surface area contributed by atoms with Crippen molar-refractivity contribution in [3.63, 3.8) is 0 Å². The molecule has 6 nitrogen and oxygen atoms in total. The molecule has 5 rings (SSSR count). The molecule has 1 fully saturated rings. The Kier molecular flexibility index (Phi) is 5.08. The van der Waals surface area contributed by atoms with Gasteiger partial charge in [0.1, 0.15) is 12.4 Å². The maximum Gasteiger partial charge on any atom is 0.268 e. The molecule has 2 aromatic heterocycles. The Hall–Kier alpha value is -2.68. The number of benzene rings is 2. The number of aliphatic hydroxyl groups is 1. The number of rotatable bonds is 7. The van der Waals surface area contributed by atoms with Gasteiger partial charge in [-0.2, -0.15) is 0 Å². The molecule has 2 heterocycles. The first-order valence-corrected chi connectivity index (χ1v) is 12.5. The highest BCUT2D eigenvalue weighted by atomic mass is 32.2. The van der Waals surface area contributed by atoms with Crippen molar-refractivity contribution in [2.75, 3.05) is 0 Å². The summed E-state index contributed by atoms with van der Waals surface area (Å²) in [6.07, 6.45) is 2.18. The van der Waals surface area contributed by atoms with Crippen molar-refractivity contribution in [2.24, 2.45) is 0 Å². The maximum absolute atomic E-state index is 13.5. The minimum atomic E-state index is -3.88. The van der Waals surface area contributed by atoms with E-state index in [0.717, 1.165) is 35.0 Å². The Balaban J connectivity index is 1.65. The van der Waals surface area contributed by atoms with E-state index in [1.165, 1.54) is 15.3 Å². The topological polar surface area (TPSA) is 81.4 Å². The Morgan fingerprint density at radius 2 is 1.97 bits per heavy atom. The molecule has 160 valence electrons. The lowest BCUT2D eigenvalue weighted by molar-refractivity contribution is 0.276. The number of fused-ring (bicyclic) bond motifs is 1. The van der Waals surface area contributed by atoms with Crippen molar-refractivity contribution >= 4 is 32.3 Å². The second-order valence-electron chi connectivity index (χ2n) is 7.87. The molecule has 0 atom stereocenters. The summed E-state index contributed by atoms with van der Waals surface area (Å²) >= 11 is 1.51. The number of thiazole rings is 1. The quantitative estimate of drug-likeness (QED) is 0.442. The van der Waals surface area contributed by atoms with E-state index in [4.69, 9.17) is 4.74 Å². The van der Waals surface area contributed by atoms with E-state index < -0.39 is 10.0 Å². The first-order chi connectivity index (χ1) is 15.0. The zero-order chi connectivity index (χ0) is 21.6. The summed E-state index contributed by atoms with van der Waals surface area (Å²) in [5.41, 5.74) is 5.49. The summed E-state index contributed by atoms with van der Waals surface area (Å²) in [7, 11) is -3.88. The Labute approximate surface area is 184 Å². The fourth-order valence-corrected chi connectivity index (χ4v) is 5.87. The highest BCUT2D eigenvalue weighted by Crippen LogP contribution is 2.46. The van der Waals surface area contributed by atoms with Crippen LogP contribution in [0, 0.1) is 6.92 Å². The van der Waals surface area contributed by atoms with Crippen LogP contribution in [-0.2, 0) is 23.2 Å². The lowest BCUT2D eigenvalue weighted by Gasteiger charge is -2.14. The minimum absolute atomic E-state index is 0.182. The predicted octanol–water partition coefficient (Wildman–Crippen LogP) is 4.59. The van der Waals surface area contributed by atoms with Gasteiger partial charge in [0.05, 0.1) is 33.9 Å². The average molecular weight is 455 g/mol. The fourth-order valence-electron chi connectivity index (χ4n) is 3.80. The van der Waals surface area contributed by atoms with Crippen LogP contribution in [0.1, 0.15) is 41.3 Å². The van der Waals surface area contributed by atoms with Gasteiger partial charge in [-0.25, -0.2) is 17.4 Å². The predicted molar refractivity (Wildman–Crippen MR) is 120 cm³/mol. The Morgan fingerprint density at radius 3 is 2.61 bits per heavy atom. The third-order valence-corrected chi connectivity index (χ3v) is 7.97. The van der Waals surface area contributed by atoms with Crippen LogP contribution in [0.2, 0.25) is 0 Å². The second-order valence-corrected chi connectivity index (χ2v) is 10.4. The monoisotopic (exact) mass is 454 g/mol. The molecule has 0 amide bonds. The second kappa shape index (κ2) is 7.78. The van der Waals surface area contributed by atoms with Gasteiger partial charge in [0.2, 0.25) is 0 Å². The zero-order valence-corrected chi connectivity index (χ0v) is 18.6. The van der Waals surface area contributed by atoms with E-state index in [0.29, 0.717) is 29.5 Å².